The predicted octanol–water partition coefficient (Wildman–Crippen LogP) is 4.77. The molecule has 21 heavy (non-hydrogen) atoms. The molecule has 0 spiro atoms. The van der Waals surface area contributed by atoms with E-state index in [9.17, 15) is 0 Å². The van der Waals surface area contributed by atoms with Crippen molar-refractivity contribution < 1.29 is 9.47 Å². The first kappa shape index (κ1) is 16.3. The average molecular weight is 370 g/mol. The van der Waals surface area contributed by atoms with Gasteiger partial charge in [-0.1, -0.05) is 6.07 Å². The molecule has 0 saturated heterocycles. The van der Waals surface area contributed by atoms with Crippen molar-refractivity contribution in [1.29, 1.82) is 0 Å². The number of nitrogens with one attached hydrogen (secondary N) is 1. The van der Waals surface area contributed by atoms with Gasteiger partial charge in [-0.25, -0.2) is 0 Å². The summed E-state index contributed by atoms with van der Waals surface area (Å²) >= 11 is 5.32. The highest BCUT2D eigenvalue weighted by molar-refractivity contribution is 9.10. The number of rotatable bonds is 7. The van der Waals surface area contributed by atoms with Crippen LogP contribution in [0.3, 0.4) is 0 Å². The average Bonchev–Trinajstić information content (AvgIpc) is 3.01. The number of halogens is 1. The molecule has 1 atom stereocenters. The van der Waals surface area contributed by atoms with Crippen LogP contribution in [0, 0.1) is 0 Å². The van der Waals surface area contributed by atoms with Crippen LogP contribution in [0.2, 0.25) is 0 Å². The number of methoxy groups -OCH3 is 1. The van der Waals surface area contributed by atoms with Crippen molar-refractivity contribution in [1.82, 2.24) is 5.32 Å². The van der Waals surface area contributed by atoms with E-state index in [1.165, 1.54) is 4.88 Å². The minimum atomic E-state index is 0.335. The summed E-state index contributed by atoms with van der Waals surface area (Å²) < 4.78 is 11.9. The lowest BCUT2D eigenvalue weighted by atomic mass is 10.2. The van der Waals surface area contributed by atoms with Crippen LogP contribution in [0.15, 0.2) is 34.1 Å². The standard InChI is InChI=1S/C16H20BrNO2S/c1-4-20-16-13(17)8-12(9-14(16)19-3)10-18-11(2)15-6-5-7-21-15/h5-9,11,18H,4,10H2,1-3H3. The van der Waals surface area contributed by atoms with Crippen LogP contribution in [-0.4, -0.2) is 13.7 Å². The van der Waals surface area contributed by atoms with Gasteiger partial charge < -0.3 is 14.8 Å². The van der Waals surface area contributed by atoms with Gasteiger partial charge in [0.15, 0.2) is 11.5 Å². The molecule has 0 aliphatic carbocycles. The molecule has 1 heterocycles. The first-order chi connectivity index (χ1) is 10.2. The molecule has 0 radical (unpaired) electrons. The van der Waals surface area contributed by atoms with Gasteiger partial charge in [0.25, 0.3) is 0 Å². The lowest BCUT2D eigenvalue weighted by Gasteiger charge is -2.16. The highest BCUT2D eigenvalue weighted by Crippen LogP contribution is 2.36. The Morgan fingerprint density at radius 2 is 2.19 bits per heavy atom. The molecule has 0 aliphatic heterocycles. The summed E-state index contributed by atoms with van der Waals surface area (Å²) in [5.74, 6) is 1.52. The van der Waals surface area contributed by atoms with Gasteiger partial charge >= 0.3 is 0 Å². The number of hydrogen-bond donors (Lipinski definition) is 1. The Bertz CT molecular complexity index is 572. The van der Waals surface area contributed by atoms with E-state index in [2.05, 4.69) is 51.7 Å². The molecule has 0 amide bonds. The number of thiophene rings is 1. The Hall–Kier alpha value is -1.04. The molecular weight excluding hydrogens is 350 g/mol. The summed E-state index contributed by atoms with van der Waals surface area (Å²) in [6, 6.07) is 8.65. The molecule has 2 aromatic rings. The third kappa shape index (κ3) is 4.22. The third-order valence-electron chi connectivity index (χ3n) is 3.16. The molecule has 0 bridgehead atoms. The van der Waals surface area contributed by atoms with E-state index < -0.39 is 0 Å². The number of benzene rings is 1. The molecule has 0 aliphatic rings. The predicted molar refractivity (Wildman–Crippen MR) is 91.4 cm³/mol. The Labute approximate surface area is 138 Å². The SMILES string of the molecule is CCOc1c(Br)cc(CNC(C)c2cccs2)cc1OC. The second-order valence-corrected chi connectivity index (χ2v) is 6.49. The van der Waals surface area contributed by atoms with Crippen LogP contribution >= 0.6 is 27.3 Å². The zero-order chi connectivity index (χ0) is 15.2. The molecule has 1 N–H and O–H groups in total. The third-order valence-corrected chi connectivity index (χ3v) is 4.80. The normalized spacial score (nSPS) is 12.2. The van der Waals surface area contributed by atoms with Crippen molar-refractivity contribution in [3.8, 4) is 11.5 Å². The fourth-order valence-corrected chi connectivity index (χ4v) is 3.43. The highest BCUT2D eigenvalue weighted by atomic mass is 79.9. The van der Waals surface area contributed by atoms with Crippen molar-refractivity contribution in [3.05, 3.63) is 44.6 Å². The van der Waals surface area contributed by atoms with Gasteiger partial charge in [-0.15, -0.1) is 11.3 Å². The van der Waals surface area contributed by atoms with Crippen LogP contribution in [0.1, 0.15) is 30.3 Å². The van der Waals surface area contributed by atoms with Gasteiger partial charge in [0, 0.05) is 17.5 Å². The minimum absolute atomic E-state index is 0.335. The van der Waals surface area contributed by atoms with Gasteiger partial charge in [0.05, 0.1) is 18.2 Å². The van der Waals surface area contributed by atoms with Crippen molar-refractivity contribution in [2.24, 2.45) is 0 Å². The molecule has 2 rings (SSSR count). The van der Waals surface area contributed by atoms with E-state index in [0.717, 1.165) is 28.1 Å². The Morgan fingerprint density at radius 1 is 1.38 bits per heavy atom. The van der Waals surface area contributed by atoms with Gasteiger partial charge in [-0.3, -0.25) is 0 Å². The largest absolute Gasteiger partial charge is 0.493 e. The molecule has 0 fully saturated rings. The fraction of sp³-hybridized carbons (Fsp3) is 0.375. The van der Waals surface area contributed by atoms with Crippen molar-refractivity contribution in [3.63, 3.8) is 0 Å². The summed E-state index contributed by atoms with van der Waals surface area (Å²) in [7, 11) is 1.66. The topological polar surface area (TPSA) is 30.5 Å². The van der Waals surface area contributed by atoms with E-state index >= 15 is 0 Å². The lowest BCUT2D eigenvalue weighted by Crippen LogP contribution is -2.17. The maximum Gasteiger partial charge on any atom is 0.175 e. The maximum atomic E-state index is 5.61. The Balaban J connectivity index is 2.08. The van der Waals surface area contributed by atoms with E-state index in [1.807, 2.05) is 13.0 Å². The molecular formula is C16H20BrNO2S. The van der Waals surface area contributed by atoms with Crippen LogP contribution in [0.25, 0.3) is 0 Å². The monoisotopic (exact) mass is 369 g/mol. The molecule has 1 aromatic heterocycles. The van der Waals surface area contributed by atoms with Crippen molar-refractivity contribution >= 4 is 27.3 Å². The van der Waals surface area contributed by atoms with E-state index in [-0.39, 0.29) is 0 Å². The Morgan fingerprint density at radius 3 is 2.81 bits per heavy atom. The summed E-state index contributed by atoms with van der Waals surface area (Å²) in [5.41, 5.74) is 1.16. The zero-order valence-corrected chi connectivity index (χ0v) is 14.9. The molecule has 5 heteroatoms. The van der Waals surface area contributed by atoms with Gasteiger partial charge in [-0.2, -0.15) is 0 Å². The molecule has 1 aromatic carbocycles. The smallest absolute Gasteiger partial charge is 0.175 e. The first-order valence-electron chi connectivity index (χ1n) is 6.91. The van der Waals surface area contributed by atoms with Crippen molar-refractivity contribution in [2.75, 3.05) is 13.7 Å². The van der Waals surface area contributed by atoms with Gasteiger partial charge in [0.1, 0.15) is 0 Å². The van der Waals surface area contributed by atoms with Crippen LogP contribution < -0.4 is 14.8 Å². The van der Waals surface area contributed by atoms with E-state index in [1.54, 1.807) is 18.4 Å². The molecule has 3 nitrogen and oxygen atoms in total. The quantitative estimate of drug-likeness (QED) is 0.762. The van der Waals surface area contributed by atoms with Crippen LogP contribution in [-0.2, 0) is 6.54 Å². The minimum Gasteiger partial charge on any atom is -0.493 e. The molecule has 1 unspecified atom stereocenters. The fourth-order valence-electron chi connectivity index (χ4n) is 2.07. The van der Waals surface area contributed by atoms with E-state index in [4.69, 9.17) is 9.47 Å². The number of ether oxygens (including phenoxy) is 2. The second-order valence-electron chi connectivity index (χ2n) is 4.66. The maximum absolute atomic E-state index is 5.61. The highest BCUT2D eigenvalue weighted by Gasteiger charge is 2.12. The Kier molecular flexibility index (Phi) is 6.08. The second kappa shape index (κ2) is 7.82. The van der Waals surface area contributed by atoms with Crippen LogP contribution in [0.4, 0.5) is 0 Å². The van der Waals surface area contributed by atoms with Crippen molar-refractivity contribution in [2.45, 2.75) is 26.4 Å². The first-order valence-corrected chi connectivity index (χ1v) is 8.59. The van der Waals surface area contributed by atoms with Gasteiger partial charge in [0.2, 0.25) is 0 Å². The summed E-state index contributed by atoms with van der Waals surface area (Å²) in [5, 5.41) is 5.63. The summed E-state index contributed by atoms with van der Waals surface area (Å²) in [4.78, 5) is 1.34. The lowest BCUT2D eigenvalue weighted by molar-refractivity contribution is 0.308. The number of hydrogen-bond acceptors (Lipinski definition) is 4. The summed E-state index contributed by atoms with van der Waals surface area (Å²) in [6.07, 6.45) is 0. The van der Waals surface area contributed by atoms with Gasteiger partial charge in [-0.05, 0) is 58.9 Å². The van der Waals surface area contributed by atoms with E-state index in [0.29, 0.717) is 12.6 Å². The molecule has 114 valence electrons. The summed E-state index contributed by atoms with van der Waals surface area (Å²) in [6.45, 7) is 5.53. The zero-order valence-electron chi connectivity index (χ0n) is 12.5. The molecule has 0 saturated carbocycles. The van der Waals surface area contributed by atoms with Crippen LogP contribution in [0.5, 0.6) is 11.5 Å².